The highest BCUT2D eigenvalue weighted by Crippen LogP contribution is 2.31. The van der Waals surface area contributed by atoms with Gasteiger partial charge in [-0.3, -0.25) is 9.59 Å². The Bertz CT molecular complexity index is 1080. The molecule has 2 amide bonds. The van der Waals surface area contributed by atoms with Gasteiger partial charge < -0.3 is 15.2 Å². The Morgan fingerprint density at radius 2 is 1.84 bits per heavy atom. The zero-order valence-electron chi connectivity index (χ0n) is 16.5. The molecule has 7 nitrogen and oxygen atoms in total. The number of nitrogens with zero attached hydrogens (tertiary/aromatic N) is 2. The van der Waals surface area contributed by atoms with Gasteiger partial charge >= 0.3 is 6.18 Å². The molecule has 1 aromatic heterocycles. The van der Waals surface area contributed by atoms with Crippen molar-refractivity contribution >= 4 is 23.2 Å². The number of hydrogen-bond donors (Lipinski definition) is 2. The van der Waals surface area contributed by atoms with Gasteiger partial charge in [0.2, 0.25) is 11.8 Å². The molecule has 2 N–H and O–H groups in total. The molecule has 0 aliphatic rings. The van der Waals surface area contributed by atoms with Crippen LogP contribution in [0.3, 0.4) is 0 Å². The molecule has 0 atom stereocenters. The van der Waals surface area contributed by atoms with Gasteiger partial charge in [-0.05, 0) is 43.7 Å². The maximum atomic E-state index is 12.9. The fourth-order valence-electron chi connectivity index (χ4n) is 2.82. The lowest BCUT2D eigenvalue weighted by Crippen LogP contribution is -2.18. The van der Waals surface area contributed by atoms with E-state index in [-0.39, 0.29) is 29.3 Å². The largest absolute Gasteiger partial charge is 0.416 e. The summed E-state index contributed by atoms with van der Waals surface area (Å²) in [6.45, 7) is 1.70. The molecular weight excluding hydrogens is 413 g/mol. The predicted octanol–water partition coefficient (Wildman–Crippen LogP) is 4.61. The van der Waals surface area contributed by atoms with Gasteiger partial charge in [-0.25, -0.2) is 0 Å². The van der Waals surface area contributed by atoms with E-state index in [0.717, 1.165) is 12.1 Å². The van der Waals surface area contributed by atoms with Crippen molar-refractivity contribution in [2.75, 3.05) is 10.6 Å². The highest BCUT2D eigenvalue weighted by Gasteiger charge is 2.30. The van der Waals surface area contributed by atoms with Gasteiger partial charge in [0.15, 0.2) is 5.82 Å². The summed E-state index contributed by atoms with van der Waals surface area (Å²) in [6.07, 6.45) is -3.46. The van der Waals surface area contributed by atoms with Crippen molar-refractivity contribution in [2.24, 2.45) is 0 Å². The summed E-state index contributed by atoms with van der Waals surface area (Å²) in [6, 6.07) is 10.6. The quantitative estimate of drug-likeness (QED) is 0.568. The van der Waals surface area contributed by atoms with E-state index >= 15 is 0 Å². The number of aromatic nitrogens is 2. The van der Waals surface area contributed by atoms with Crippen molar-refractivity contribution in [1.29, 1.82) is 0 Å². The van der Waals surface area contributed by atoms with Crippen LogP contribution in [0.4, 0.5) is 24.5 Å². The highest BCUT2D eigenvalue weighted by molar-refractivity contribution is 6.10. The lowest BCUT2D eigenvalue weighted by Gasteiger charge is -2.13. The number of amides is 2. The summed E-state index contributed by atoms with van der Waals surface area (Å²) in [5.41, 5.74) is -0.495. The van der Waals surface area contributed by atoms with E-state index in [2.05, 4.69) is 20.8 Å². The Morgan fingerprint density at radius 3 is 2.55 bits per heavy atom. The molecule has 0 aliphatic heterocycles. The molecule has 0 radical (unpaired) electrons. The van der Waals surface area contributed by atoms with Gasteiger partial charge in [0.25, 0.3) is 5.91 Å². The Labute approximate surface area is 175 Å². The number of aryl methyl sites for hydroxylation is 2. The van der Waals surface area contributed by atoms with Crippen molar-refractivity contribution in [1.82, 2.24) is 10.1 Å². The van der Waals surface area contributed by atoms with Crippen molar-refractivity contribution in [2.45, 2.75) is 32.4 Å². The van der Waals surface area contributed by atoms with Crippen LogP contribution in [0.15, 0.2) is 53.1 Å². The van der Waals surface area contributed by atoms with Crippen LogP contribution in [0, 0.1) is 6.92 Å². The lowest BCUT2D eigenvalue weighted by atomic mass is 10.1. The van der Waals surface area contributed by atoms with Crippen LogP contribution in [-0.4, -0.2) is 22.0 Å². The standard InChI is InChI=1S/C21H19F3N4O3/c1-13-25-19(31-28-13)11-5-10-18(29)27-17-9-3-2-8-16(17)20(30)26-15-7-4-6-14(12-15)21(22,23)24/h2-4,6-9,12H,5,10-11H2,1H3,(H,26,30)(H,27,29). The van der Waals surface area contributed by atoms with E-state index in [1.54, 1.807) is 25.1 Å². The number of nitrogens with one attached hydrogen (secondary N) is 2. The fourth-order valence-corrected chi connectivity index (χ4v) is 2.82. The summed E-state index contributed by atoms with van der Waals surface area (Å²) in [5, 5.41) is 8.76. The van der Waals surface area contributed by atoms with E-state index < -0.39 is 17.6 Å². The topological polar surface area (TPSA) is 97.1 Å². The summed E-state index contributed by atoms with van der Waals surface area (Å²) in [4.78, 5) is 28.9. The minimum Gasteiger partial charge on any atom is -0.339 e. The summed E-state index contributed by atoms with van der Waals surface area (Å²) >= 11 is 0. The first-order chi connectivity index (χ1) is 14.7. The van der Waals surface area contributed by atoms with E-state index in [0.29, 0.717) is 24.6 Å². The molecule has 0 saturated heterocycles. The maximum Gasteiger partial charge on any atom is 0.416 e. The van der Waals surface area contributed by atoms with Crippen LogP contribution < -0.4 is 10.6 Å². The summed E-state index contributed by atoms with van der Waals surface area (Å²) in [7, 11) is 0. The monoisotopic (exact) mass is 432 g/mol. The number of anilines is 2. The molecular formula is C21H19F3N4O3. The zero-order chi connectivity index (χ0) is 22.4. The number of alkyl halides is 3. The molecule has 0 aliphatic carbocycles. The molecule has 3 aromatic rings. The molecule has 0 fully saturated rings. The van der Waals surface area contributed by atoms with E-state index in [9.17, 15) is 22.8 Å². The number of carbonyl (C=O) groups excluding carboxylic acids is 2. The molecule has 2 aromatic carbocycles. The predicted molar refractivity (Wildman–Crippen MR) is 106 cm³/mol. The first-order valence-electron chi connectivity index (χ1n) is 9.39. The SMILES string of the molecule is Cc1noc(CCCC(=O)Nc2ccccc2C(=O)Nc2cccc(C(F)(F)F)c2)n1. The fraction of sp³-hybridized carbons (Fsp3) is 0.238. The van der Waals surface area contributed by atoms with E-state index in [4.69, 9.17) is 4.52 Å². The molecule has 162 valence electrons. The second-order valence-corrected chi connectivity index (χ2v) is 6.72. The van der Waals surface area contributed by atoms with E-state index in [1.807, 2.05) is 0 Å². The van der Waals surface area contributed by atoms with Crippen LogP contribution >= 0.6 is 0 Å². The maximum absolute atomic E-state index is 12.9. The normalized spacial score (nSPS) is 11.2. The van der Waals surface area contributed by atoms with Gasteiger partial charge in [-0.15, -0.1) is 0 Å². The minimum absolute atomic E-state index is 0.00388. The smallest absolute Gasteiger partial charge is 0.339 e. The molecule has 0 spiro atoms. The molecule has 0 bridgehead atoms. The Balaban J connectivity index is 1.63. The number of halogens is 3. The number of benzene rings is 2. The van der Waals surface area contributed by atoms with Gasteiger partial charge in [0.05, 0.1) is 16.8 Å². The lowest BCUT2D eigenvalue weighted by molar-refractivity contribution is -0.137. The molecule has 10 heteroatoms. The molecule has 0 saturated carbocycles. The van der Waals surface area contributed by atoms with Crippen LogP contribution in [0.1, 0.15) is 40.5 Å². The number of para-hydroxylation sites is 1. The van der Waals surface area contributed by atoms with Gasteiger partial charge in [0.1, 0.15) is 0 Å². The number of hydrogen-bond acceptors (Lipinski definition) is 5. The Hall–Kier alpha value is -3.69. The van der Waals surface area contributed by atoms with Crippen molar-refractivity contribution in [3.8, 4) is 0 Å². The second-order valence-electron chi connectivity index (χ2n) is 6.72. The molecule has 3 rings (SSSR count). The molecule has 1 heterocycles. The van der Waals surface area contributed by atoms with Crippen LogP contribution in [-0.2, 0) is 17.4 Å². The van der Waals surface area contributed by atoms with Gasteiger partial charge in [0, 0.05) is 18.5 Å². The average molecular weight is 432 g/mol. The van der Waals surface area contributed by atoms with E-state index in [1.165, 1.54) is 18.2 Å². The highest BCUT2D eigenvalue weighted by atomic mass is 19.4. The van der Waals surface area contributed by atoms with Crippen molar-refractivity contribution in [3.05, 3.63) is 71.4 Å². The zero-order valence-corrected chi connectivity index (χ0v) is 16.5. The third kappa shape index (κ3) is 6.14. The van der Waals surface area contributed by atoms with Gasteiger partial charge in [-0.2, -0.15) is 18.2 Å². The minimum atomic E-state index is -4.52. The van der Waals surface area contributed by atoms with Gasteiger partial charge in [-0.1, -0.05) is 23.4 Å². The number of carbonyl (C=O) groups is 2. The molecule has 0 unspecified atom stereocenters. The molecule has 31 heavy (non-hydrogen) atoms. The first kappa shape index (κ1) is 22.0. The second kappa shape index (κ2) is 9.41. The van der Waals surface area contributed by atoms with Crippen molar-refractivity contribution in [3.63, 3.8) is 0 Å². The summed E-state index contributed by atoms with van der Waals surface area (Å²) < 4.78 is 43.6. The van der Waals surface area contributed by atoms with Crippen molar-refractivity contribution < 1.29 is 27.3 Å². The first-order valence-corrected chi connectivity index (χ1v) is 9.39. The van der Waals surface area contributed by atoms with Crippen LogP contribution in [0.25, 0.3) is 0 Å². The van der Waals surface area contributed by atoms with Crippen LogP contribution in [0.5, 0.6) is 0 Å². The summed E-state index contributed by atoms with van der Waals surface area (Å²) in [5.74, 6) is -0.0153. The third-order valence-electron chi connectivity index (χ3n) is 4.26. The third-order valence-corrected chi connectivity index (χ3v) is 4.26. The Kier molecular flexibility index (Phi) is 6.68. The van der Waals surface area contributed by atoms with Crippen LogP contribution in [0.2, 0.25) is 0 Å². The number of rotatable bonds is 7. The average Bonchev–Trinajstić information content (AvgIpc) is 3.13. The Morgan fingerprint density at radius 1 is 1.06 bits per heavy atom.